The van der Waals surface area contributed by atoms with Crippen LogP contribution in [0.1, 0.15) is 11.7 Å². The molecule has 3 aromatic rings. The molecule has 0 radical (unpaired) electrons. The summed E-state index contributed by atoms with van der Waals surface area (Å²) in [6.45, 7) is 0.885. The molecule has 0 amide bonds. The Morgan fingerprint density at radius 3 is 2.83 bits per heavy atom. The zero-order valence-electron chi connectivity index (χ0n) is 13.0. The molecule has 8 heteroatoms. The van der Waals surface area contributed by atoms with E-state index in [9.17, 15) is 0 Å². The minimum Gasteiger partial charge on any atom is -0.467 e. The number of aromatic nitrogens is 2. The average molecular weight is 346 g/mol. The van der Waals surface area contributed by atoms with Gasteiger partial charge in [-0.2, -0.15) is 4.98 Å². The van der Waals surface area contributed by atoms with Crippen molar-refractivity contribution in [2.24, 2.45) is 4.99 Å². The molecule has 2 N–H and O–H groups in total. The van der Waals surface area contributed by atoms with Gasteiger partial charge in [0.05, 0.1) is 19.4 Å². The van der Waals surface area contributed by atoms with Crippen LogP contribution < -0.4 is 10.6 Å². The van der Waals surface area contributed by atoms with Crippen LogP contribution in [0.3, 0.4) is 0 Å². The van der Waals surface area contributed by atoms with Crippen molar-refractivity contribution in [3.63, 3.8) is 0 Å². The van der Waals surface area contributed by atoms with E-state index in [2.05, 4.69) is 25.8 Å². The first-order valence-corrected chi connectivity index (χ1v) is 7.68. The van der Waals surface area contributed by atoms with Crippen molar-refractivity contribution in [2.45, 2.75) is 13.1 Å². The lowest BCUT2D eigenvalue weighted by molar-refractivity contribution is 0.375. The summed E-state index contributed by atoms with van der Waals surface area (Å²) in [7, 11) is 1.68. The van der Waals surface area contributed by atoms with Gasteiger partial charge in [-0.15, -0.1) is 0 Å². The van der Waals surface area contributed by atoms with E-state index >= 15 is 0 Å². The first kappa shape index (κ1) is 16.1. The minimum atomic E-state index is 0.353. The number of furan rings is 1. The quantitative estimate of drug-likeness (QED) is 0.546. The Morgan fingerprint density at radius 2 is 2.08 bits per heavy atom. The molecule has 2 aromatic heterocycles. The van der Waals surface area contributed by atoms with Gasteiger partial charge in [-0.1, -0.05) is 28.9 Å². The highest BCUT2D eigenvalue weighted by atomic mass is 35.5. The molecule has 7 nitrogen and oxygen atoms in total. The van der Waals surface area contributed by atoms with Crippen LogP contribution in [0.4, 0.5) is 0 Å². The minimum absolute atomic E-state index is 0.353. The van der Waals surface area contributed by atoms with E-state index in [0.29, 0.717) is 35.8 Å². The molecule has 24 heavy (non-hydrogen) atoms. The molecule has 124 valence electrons. The topological polar surface area (TPSA) is 88.5 Å². The molecular formula is C16H16ClN5O2. The third-order valence-corrected chi connectivity index (χ3v) is 3.43. The molecule has 2 heterocycles. The molecule has 0 aliphatic heterocycles. The molecule has 0 saturated carbocycles. The van der Waals surface area contributed by atoms with E-state index in [0.717, 1.165) is 11.3 Å². The SMILES string of the molecule is CN=C(NCc1ccco1)NCc1nc(-c2cccc(Cl)c2)no1. The summed E-state index contributed by atoms with van der Waals surface area (Å²) < 4.78 is 10.5. The first-order valence-electron chi connectivity index (χ1n) is 7.30. The molecule has 0 aliphatic rings. The average Bonchev–Trinajstić information content (AvgIpc) is 3.27. The molecule has 0 aliphatic carbocycles. The van der Waals surface area contributed by atoms with Crippen molar-refractivity contribution in [1.29, 1.82) is 0 Å². The fraction of sp³-hybridized carbons (Fsp3) is 0.188. The zero-order valence-corrected chi connectivity index (χ0v) is 13.7. The Labute approximate surface area is 143 Å². The number of nitrogens with zero attached hydrogens (tertiary/aromatic N) is 3. The standard InChI is InChI=1S/C16H16ClN5O2/c1-18-16(19-9-13-6-3-7-23-13)20-10-14-21-15(22-24-14)11-4-2-5-12(17)8-11/h2-8H,9-10H2,1H3,(H2,18,19,20). The van der Waals surface area contributed by atoms with Crippen molar-refractivity contribution in [3.05, 3.63) is 59.3 Å². The number of aliphatic imine (C=N–C) groups is 1. The maximum Gasteiger partial charge on any atom is 0.246 e. The van der Waals surface area contributed by atoms with Crippen LogP contribution in [0.15, 0.2) is 56.6 Å². The van der Waals surface area contributed by atoms with E-state index in [1.54, 1.807) is 25.4 Å². The van der Waals surface area contributed by atoms with Crippen molar-refractivity contribution in [1.82, 2.24) is 20.8 Å². The summed E-state index contributed by atoms with van der Waals surface area (Å²) in [6, 6.07) is 11.0. The summed E-state index contributed by atoms with van der Waals surface area (Å²) in [5.74, 6) is 2.37. The van der Waals surface area contributed by atoms with Crippen LogP contribution in [-0.2, 0) is 13.1 Å². The number of hydrogen-bond donors (Lipinski definition) is 2. The van der Waals surface area contributed by atoms with Gasteiger partial charge in [-0.3, -0.25) is 4.99 Å². The largest absolute Gasteiger partial charge is 0.467 e. The van der Waals surface area contributed by atoms with Crippen LogP contribution in [0, 0.1) is 0 Å². The molecule has 0 saturated heterocycles. The van der Waals surface area contributed by atoms with Crippen LogP contribution in [0.5, 0.6) is 0 Å². The highest BCUT2D eigenvalue weighted by molar-refractivity contribution is 6.30. The Morgan fingerprint density at radius 1 is 1.21 bits per heavy atom. The number of benzene rings is 1. The second-order valence-electron chi connectivity index (χ2n) is 4.88. The predicted octanol–water partition coefficient (Wildman–Crippen LogP) is 2.85. The number of rotatable bonds is 5. The van der Waals surface area contributed by atoms with Gasteiger partial charge < -0.3 is 19.6 Å². The van der Waals surface area contributed by atoms with Crippen molar-refractivity contribution in [2.75, 3.05) is 7.05 Å². The van der Waals surface area contributed by atoms with E-state index in [4.69, 9.17) is 20.5 Å². The van der Waals surface area contributed by atoms with Crippen molar-refractivity contribution >= 4 is 17.6 Å². The molecule has 0 atom stereocenters. The van der Waals surface area contributed by atoms with Crippen LogP contribution in [-0.4, -0.2) is 23.1 Å². The van der Waals surface area contributed by atoms with Crippen LogP contribution >= 0.6 is 11.6 Å². The second-order valence-corrected chi connectivity index (χ2v) is 5.32. The second kappa shape index (κ2) is 7.65. The lowest BCUT2D eigenvalue weighted by Crippen LogP contribution is -2.36. The Bertz CT molecular complexity index is 814. The zero-order chi connectivity index (χ0) is 16.8. The molecular weight excluding hydrogens is 330 g/mol. The summed E-state index contributed by atoms with van der Waals surface area (Å²) in [4.78, 5) is 8.46. The van der Waals surface area contributed by atoms with Crippen LogP contribution in [0.25, 0.3) is 11.4 Å². The van der Waals surface area contributed by atoms with Gasteiger partial charge in [0.2, 0.25) is 11.7 Å². The molecule has 0 bridgehead atoms. The van der Waals surface area contributed by atoms with E-state index in [1.165, 1.54) is 0 Å². The monoisotopic (exact) mass is 345 g/mol. The number of halogens is 1. The molecule has 3 rings (SSSR count). The maximum absolute atomic E-state index is 5.97. The van der Waals surface area contributed by atoms with E-state index in [1.807, 2.05) is 24.3 Å². The lowest BCUT2D eigenvalue weighted by atomic mass is 10.2. The van der Waals surface area contributed by atoms with Gasteiger partial charge in [0.25, 0.3) is 0 Å². The maximum atomic E-state index is 5.97. The summed E-state index contributed by atoms with van der Waals surface area (Å²) in [5, 5.41) is 10.8. The predicted molar refractivity (Wildman–Crippen MR) is 90.5 cm³/mol. The van der Waals surface area contributed by atoms with Gasteiger partial charge in [0.1, 0.15) is 5.76 Å². The van der Waals surface area contributed by atoms with Crippen molar-refractivity contribution in [3.8, 4) is 11.4 Å². The smallest absolute Gasteiger partial charge is 0.246 e. The molecule has 0 unspecified atom stereocenters. The van der Waals surface area contributed by atoms with Gasteiger partial charge in [0, 0.05) is 17.6 Å². The fourth-order valence-electron chi connectivity index (χ4n) is 2.04. The van der Waals surface area contributed by atoms with Gasteiger partial charge in [-0.25, -0.2) is 0 Å². The molecule has 1 aromatic carbocycles. The van der Waals surface area contributed by atoms with Gasteiger partial charge in [-0.05, 0) is 24.3 Å². The Balaban J connectivity index is 1.56. The normalized spacial score (nSPS) is 11.5. The number of guanidine groups is 1. The van der Waals surface area contributed by atoms with E-state index < -0.39 is 0 Å². The number of nitrogens with one attached hydrogen (secondary N) is 2. The van der Waals surface area contributed by atoms with Crippen LogP contribution in [0.2, 0.25) is 5.02 Å². The number of hydrogen-bond acceptors (Lipinski definition) is 5. The fourth-order valence-corrected chi connectivity index (χ4v) is 2.23. The molecule has 0 fully saturated rings. The van der Waals surface area contributed by atoms with E-state index in [-0.39, 0.29) is 0 Å². The Hall–Kier alpha value is -2.80. The third kappa shape index (κ3) is 4.14. The lowest BCUT2D eigenvalue weighted by Gasteiger charge is -2.08. The summed E-state index contributed by atoms with van der Waals surface area (Å²) >= 11 is 5.97. The highest BCUT2D eigenvalue weighted by Crippen LogP contribution is 2.19. The third-order valence-electron chi connectivity index (χ3n) is 3.19. The summed E-state index contributed by atoms with van der Waals surface area (Å²) in [6.07, 6.45) is 1.63. The highest BCUT2D eigenvalue weighted by Gasteiger charge is 2.09. The first-order chi connectivity index (χ1) is 11.7. The molecule has 0 spiro atoms. The van der Waals surface area contributed by atoms with Crippen molar-refractivity contribution < 1.29 is 8.94 Å². The van der Waals surface area contributed by atoms with Gasteiger partial charge >= 0.3 is 0 Å². The van der Waals surface area contributed by atoms with Gasteiger partial charge in [0.15, 0.2) is 5.96 Å². The Kier molecular flexibility index (Phi) is 5.12. The summed E-state index contributed by atoms with van der Waals surface area (Å²) in [5.41, 5.74) is 0.804.